The molecular weight excluding hydrogens is 450 g/mol. The average Bonchev–Trinajstić information content (AvgIpc) is 2.85. The lowest BCUT2D eigenvalue weighted by Crippen LogP contribution is -2.35. The Morgan fingerprint density at radius 2 is 1.53 bits per heavy atom. The summed E-state index contributed by atoms with van der Waals surface area (Å²) in [6.07, 6.45) is 2.69. The number of nitrogens with zero attached hydrogens (tertiary/aromatic N) is 1. The van der Waals surface area contributed by atoms with Gasteiger partial charge in [-0.05, 0) is 67.8 Å². The first-order chi connectivity index (χ1) is 16.3. The van der Waals surface area contributed by atoms with E-state index in [9.17, 15) is 18.0 Å². The van der Waals surface area contributed by atoms with E-state index in [-0.39, 0.29) is 16.4 Å². The maximum absolute atomic E-state index is 13.0. The zero-order valence-corrected chi connectivity index (χ0v) is 19.8. The number of nitrogens with one attached hydrogen (secondary N) is 2. The van der Waals surface area contributed by atoms with Crippen molar-refractivity contribution in [2.24, 2.45) is 0 Å². The van der Waals surface area contributed by atoms with Gasteiger partial charge >= 0.3 is 0 Å². The molecule has 0 spiro atoms. The molecule has 1 heterocycles. The number of piperidine rings is 1. The summed E-state index contributed by atoms with van der Waals surface area (Å²) in [4.78, 5) is 26.0. The lowest BCUT2D eigenvalue weighted by molar-refractivity contribution is 0.102. The van der Waals surface area contributed by atoms with Crippen LogP contribution in [-0.4, -0.2) is 37.6 Å². The Hall–Kier alpha value is -3.49. The lowest BCUT2D eigenvalue weighted by Gasteiger charge is -2.26. The van der Waals surface area contributed by atoms with E-state index in [0.29, 0.717) is 30.0 Å². The largest absolute Gasteiger partial charge is 0.322 e. The summed E-state index contributed by atoms with van der Waals surface area (Å²) in [5.74, 6) is -0.852. The van der Waals surface area contributed by atoms with Gasteiger partial charge < -0.3 is 10.6 Å². The molecule has 1 aliphatic heterocycles. The van der Waals surface area contributed by atoms with Crippen LogP contribution in [0.5, 0.6) is 0 Å². The molecule has 3 aromatic carbocycles. The minimum absolute atomic E-state index is 0.0903. The Bertz CT molecular complexity index is 1310. The number of para-hydroxylation sites is 1. The van der Waals surface area contributed by atoms with Gasteiger partial charge in [0.05, 0.1) is 16.1 Å². The molecule has 0 atom stereocenters. The van der Waals surface area contributed by atoms with Crippen LogP contribution >= 0.6 is 0 Å². The van der Waals surface area contributed by atoms with Crippen molar-refractivity contribution in [3.05, 3.63) is 89.5 Å². The van der Waals surface area contributed by atoms with E-state index in [4.69, 9.17) is 0 Å². The fourth-order valence-corrected chi connectivity index (χ4v) is 5.52. The van der Waals surface area contributed by atoms with Crippen LogP contribution in [0.25, 0.3) is 0 Å². The van der Waals surface area contributed by atoms with E-state index in [2.05, 4.69) is 10.6 Å². The fourth-order valence-electron chi connectivity index (χ4n) is 3.96. The second-order valence-electron chi connectivity index (χ2n) is 8.32. The smallest absolute Gasteiger partial charge is 0.257 e. The van der Waals surface area contributed by atoms with E-state index in [1.54, 1.807) is 42.5 Å². The van der Waals surface area contributed by atoms with Crippen molar-refractivity contribution < 1.29 is 18.0 Å². The van der Waals surface area contributed by atoms with Gasteiger partial charge in [0.1, 0.15) is 0 Å². The number of aryl methyl sites for hydroxylation is 1. The number of amides is 2. The molecule has 0 unspecified atom stereocenters. The highest BCUT2D eigenvalue weighted by Gasteiger charge is 2.26. The molecule has 0 aromatic heterocycles. The minimum Gasteiger partial charge on any atom is -0.322 e. The molecule has 0 radical (unpaired) electrons. The molecule has 8 heteroatoms. The molecule has 34 heavy (non-hydrogen) atoms. The number of hydrogen-bond donors (Lipinski definition) is 2. The van der Waals surface area contributed by atoms with Crippen LogP contribution in [0.1, 0.15) is 45.5 Å². The SMILES string of the molecule is Cc1cccc(NC(=O)c2ccccc2NC(=O)c2cccc(S(=O)(=O)N3CCCCC3)c2)c1. The van der Waals surface area contributed by atoms with Gasteiger partial charge in [0, 0.05) is 24.3 Å². The standard InChI is InChI=1S/C26H27N3O4S/c1-19-9-7-11-21(17-19)27-26(31)23-13-3-4-14-24(23)28-25(30)20-10-8-12-22(18-20)34(32,33)29-15-5-2-6-16-29/h3-4,7-14,17-18H,2,5-6,15-16H2,1H3,(H,27,31)(H,28,30). The number of anilines is 2. The van der Waals surface area contributed by atoms with Crippen molar-refractivity contribution in [1.82, 2.24) is 4.31 Å². The minimum atomic E-state index is -3.66. The molecule has 2 N–H and O–H groups in total. The summed E-state index contributed by atoms with van der Waals surface area (Å²) in [5, 5.41) is 5.60. The topological polar surface area (TPSA) is 95.6 Å². The third kappa shape index (κ3) is 5.35. The van der Waals surface area contributed by atoms with Gasteiger partial charge in [0.25, 0.3) is 11.8 Å². The van der Waals surface area contributed by atoms with E-state index in [1.807, 2.05) is 25.1 Å². The van der Waals surface area contributed by atoms with E-state index in [1.165, 1.54) is 16.4 Å². The Labute approximate surface area is 199 Å². The van der Waals surface area contributed by atoms with Crippen molar-refractivity contribution in [2.75, 3.05) is 23.7 Å². The van der Waals surface area contributed by atoms with Gasteiger partial charge in [-0.15, -0.1) is 0 Å². The van der Waals surface area contributed by atoms with Crippen molar-refractivity contribution >= 4 is 33.2 Å². The first kappa shape index (κ1) is 23.7. The summed E-state index contributed by atoms with van der Waals surface area (Å²) in [5.41, 5.74) is 2.50. The highest BCUT2D eigenvalue weighted by atomic mass is 32.2. The molecule has 2 amide bonds. The average molecular weight is 478 g/mol. The molecule has 0 bridgehead atoms. The number of sulfonamides is 1. The molecule has 0 aliphatic carbocycles. The van der Waals surface area contributed by atoms with Crippen molar-refractivity contribution in [2.45, 2.75) is 31.1 Å². The molecule has 4 rings (SSSR count). The summed E-state index contributed by atoms with van der Waals surface area (Å²) in [7, 11) is -3.66. The molecule has 0 saturated carbocycles. The Balaban J connectivity index is 1.54. The zero-order valence-electron chi connectivity index (χ0n) is 19.0. The Kier molecular flexibility index (Phi) is 7.09. The molecule has 3 aromatic rings. The Morgan fingerprint density at radius 3 is 2.29 bits per heavy atom. The number of carbonyl (C=O) groups is 2. The highest BCUT2D eigenvalue weighted by Crippen LogP contribution is 2.23. The van der Waals surface area contributed by atoms with Gasteiger partial charge in [0.15, 0.2) is 0 Å². The number of rotatable bonds is 6. The quantitative estimate of drug-likeness (QED) is 0.539. The van der Waals surface area contributed by atoms with Crippen LogP contribution in [0, 0.1) is 6.92 Å². The molecule has 176 valence electrons. The number of carbonyl (C=O) groups excluding carboxylic acids is 2. The van der Waals surface area contributed by atoms with Gasteiger partial charge in [-0.25, -0.2) is 8.42 Å². The maximum atomic E-state index is 13.0. The van der Waals surface area contributed by atoms with Crippen LogP contribution in [0.3, 0.4) is 0 Å². The van der Waals surface area contributed by atoms with Crippen molar-refractivity contribution in [1.29, 1.82) is 0 Å². The predicted molar refractivity (Wildman–Crippen MR) is 133 cm³/mol. The number of hydrogen-bond acceptors (Lipinski definition) is 4. The van der Waals surface area contributed by atoms with Crippen LogP contribution in [0.15, 0.2) is 77.7 Å². The fraction of sp³-hybridized carbons (Fsp3) is 0.231. The molecule has 1 aliphatic rings. The van der Waals surface area contributed by atoms with Crippen LogP contribution in [0.4, 0.5) is 11.4 Å². The first-order valence-electron chi connectivity index (χ1n) is 11.2. The van der Waals surface area contributed by atoms with Gasteiger partial charge in [-0.1, -0.05) is 36.8 Å². The normalized spacial score (nSPS) is 14.4. The summed E-state index contributed by atoms with van der Waals surface area (Å²) in [6, 6.07) is 20.1. The van der Waals surface area contributed by atoms with Gasteiger partial charge in [-0.3, -0.25) is 9.59 Å². The van der Waals surface area contributed by atoms with Crippen molar-refractivity contribution in [3.8, 4) is 0 Å². The highest BCUT2D eigenvalue weighted by molar-refractivity contribution is 7.89. The van der Waals surface area contributed by atoms with E-state index >= 15 is 0 Å². The van der Waals surface area contributed by atoms with Crippen LogP contribution in [0.2, 0.25) is 0 Å². The van der Waals surface area contributed by atoms with Crippen LogP contribution in [-0.2, 0) is 10.0 Å². The third-order valence-electron chi connectivity index (χ3n) is 5.74. The molecule has 1 saturated heterocycles. The second-order valence-corrected chi connectivity index (χ2v) is 10.3. The molecular formula is C26H27N3O4S. The molecule has 1 fully saturated rings. The lowest BCUT2D eigenvalue weighted by atomic mass is 10.1. The number of benzene rings is 3. The summed E-state index contributed by atoms with van der Waals surface area (Å²) in [6.45, 7) is 2.91. The molecule has 7 nitrogen and oxygen atoms in total. The first-order valence-corrected chi connectivity index (χ1v) is 12.7. The summed E-state index contributed by atoms with van der Waals surface area (Å²) < 4.78 is 27.5. The van der Waals surface area contributed by atoms with Gasteiger partial charge in [-0.2, -0.15) is 4.31 Å². The Morgan fingerprint density at radius 1 is 0.794 bits per heavy atom. The summed E-state index contributed by atoms with van der Waals surface area (Å²) >= 11 is 0. The van der Waals surface area contributed by atoms with E-state index in [0.717, 1.165) is 24.8 Å². The van der Waals surface area contributed by atoms with Gasteiger partial charge in [0.2, 0.25) is 10.0 Å². The maximum Gasteiger partial charge on any atom is 0.257 e. The third-order valence-corrected chi connectivity index (χ3v) is 7.64. The zero-order chi connectivity index (χ0) is 24.1. The monoisotopic (exact) mass is 477 g/mol. The van der Waals surface area contributed by atoms with Crippen molar-refractivity contribution in [3.63, 3.8) is 0 Å². The predicted octanol–water partition coefficient (Wildman–Crippen LogP) is 4.67. The van der Waals surface area contributed by atoms with Crippen LogP contribution < -0.4 is 10.6 Å². The van der Waals surface area contributed by atoms with E-state index < -0.39 is 15.9 Å². The second kappa shape index (κ2) is 10.2.